The summed E-state index contributed by atoms with van der Waals surface area (Å²) in [5, 5.41) is 0. The van der Waals surface area contributed by atoms with E-state index in [0.717, 1.165) is 6.42 Å². The smallest absolute Gasteiger partial charge is 0.252 e. The fourth-order valence-corrected chi connectivity index (χ4v) is 14.1. The highest BCUT2D eigenvalue weighted by molar-refractivity contribution is 7.01. The number of rotatable bonds is 4. The third kappa shape index (κ3) is 6.55. The van der Waals surface area contributed by atoms with Gasteiger partial charge in [-0.15, -0.1) is 0 Å². The standard InChI is InChI=1S/C68H76BN3/c1-62(2,3)43-27-31-48(32-28-43)70-55-39-46(64(7,8)9)37-52-59(55)69-60-53(68(52,15)45-23-17-16-18-24-45)38-47(65(10,11)12)40-56(60)71(49-33-29-44(30-34-49)63(4,5)6)58-42-50(41-57(70)61(58)69)72-54-26-20-19-25-51(54)66(13)35-21-22-36-67(66,72)14/h16-20,23-34,37-42H,21-22,35-36H2,1-15H3. The van der Waals surface area contributed by atoms with Crippen molar-refractivity contribution < 1.29 is 0 Å². The molecule has 2 atom stereocenters. The molecular formula is C68H76BN3. The van der Waals surface area contributed by atoms with Gasteiger partial charge in [-0.2, -0.15) is 0 Å². The van der Waals surface area contributed by atoms with Gasteiger partial charge in [0.15, 0.2) is 0 Å². The molecule has 72 heavy (non-hydrogen) atoms. The molecule has 0 saturated heterocycles. The van der Waals surface area contributed by atoms with Crippen molar-refractivity contribution in [3.8, 4) is 0 Å². The summed E-state index contributed by atoms with van der Waals surface area (Å²) in [5.41, 5.74) is 24.8. The van der Waals surface area contributed by atoms with Crippen molar-refractivity contribution in [1.29, 1.82) is 0 Å². The van der Waals surface area contributed by atoms with Crippen molar-refractivity contribution in [3.63, 3.8) is 0 Å². The first-order chi connectivity index (χ1) is 33.9. The second-order valence-corrected chi connectivity index (χ2v) is 27.2. The Balaban J connectivity index is 1.27. The van der Waals surface area contributed by atoms with Gasteiger partial charge in [0, 0.05) is 56.3 Å². The number of para-hydroxylation sites is 1. The van der Waals surface area contributed by atoms with Crippen LogP contribution < -0.4 is 31.1 Å². The van der Waals surface area contributed by atoms with E-state index in [-0.39, 0.29) is 39.3 Å². The van der Waals surface area contributed by atoms with Gasteiger partial charge in [-0.25, -0.2) is 0 Å². The van der Waals surface area contributed by atoms with Gasteiger partial charge in [-0.05, 0) is 164 Å². The first-order valence-electron chi connectivity index (χ1n) is 27.2. The maximum atomic E-state index is 2.81. The van der Waals surface area contributed by atoms with E-state index in [0.29, 0.717) is 0 Å². The van der Waals surface area contributed by atoms with Gasteiger partial charge in [0.1, 0.15) is 0 Å². The fraction of sp³-hybridized carbons (Fsp3) is 0.382. The lowest BCUT2D eigenvalue weighted by molar-refractivity contribution is 0.195. The summed E-state index contributed by atoms with van der Waals surface area (Å²) in [6.07, 6.45) is 4.82. The molecule has 4 heterocycles. The van der Waals surface area contributed by atoms with Crippen molar-refractivity contribution in [3.05, 3.63) is 184 Å². The van der Waals surface area contributed by atoms with Gasteiger partial charge >= 0.3 is 0 Å². The van der Waals surface area contributed by atoms with E-state index >= 15 is 0 Å². The summed E-state index contributed by atoms with van der Waals surface area (Å²) in [7, 11) is 0. The van der Waals surface area contributed by atoms with E-state index in [4.69, 9.17) is 0 Å². The summed E-state index contributed by atoms with van der Waals surface area (Å²) in [5.74, 6) is 0. The van der Waals surface area contributed by atoms with E-state index in [1.54, 1.807) is 0 Å². The Hall–Kier alpha value is -6.00. The zero-order chi connectivity index (χ0) is 50.9. The van der Waals surface area contributed by atoms with Crippen LogP contribution in [0.5, 0.6) is 0 Å². The Morgan fingerprint density at radius 1 is 0.389 bits per heavy atom. The molecule has 7 aromatic rings. The molecule has 0 spiro atoms. The van der Waals surface area contributed by atoms with Gasteiger partial charge in [-0.1, -0.05) is 188 Å². The van der Waals surface area contributed by atoms with Crippen LogP contribution in [0.2, 0.25) is 0 Å². The molecule has 1 fully saturated rings. The van der Waals surface area contributed by atoms with Crippen LogP contribution in [0.3, 0.4) is 0 Å². The highest BCUT2D eigenvalue weighted by Gasteiger charge is 2.59. The Bertz CT molecular complexity index is 3180. The molecule has 0 bridgehead atoms. The molecule has 0 aromatic heterocycles. The summed E-state index contributed by atoms with van der Waals surface area (Å²) in [6.45, 7) is 36.1. The molecule has 3 nitrogen and oxygen atoms in total. The van der Waals surface area contributed by atoms with Crippen molar-refractivity contribution in [1.82, 2.24) is 0 Å². The molecular weight excluding hydrogens is 870 g/mol. The predicted molar refractivity (Wildman–Crippen MR) is 310 cm³/mol. The normalized spacial score (nSPS) is 20.6. The first-order valence-corrected chi connectivity index (χ1v) is 27.2. The molecule has 0 radical (unpaired) electrons. The largest absolute Gasteiger partial charge is 0.334 e. The second kappa shape index (κ2) is 15.3. The van der Waals surface area contributed by atoms with Crippen LogP contribution in [-0.2, 0) is 32.5 Å². The molecule has 4 aliphatic heterocycles. The van der Waals surface area contributed by atoms with Crippen molar-refractivity contribution >= 4 is 68.6 Å². The minimum Gasteiger partial charge on any atom is -0.334 e. The van der Waals surface area contributed by atoms with Crippen LogP contribution in [0.1, 0.15) is 174 Å². The lowest BCUT2D eigenvalue weighted by atomic mass is 9.28. The fourth-order valence-electron chi connectivity index (χ4n) is 14.1. The molecule has 12 rings (SSSR count). The number of hydrogen-bond acceptors (Lipinski definition) is 3. The zero-order valence-electron chi connectivity index (χ0n) is 46.0. The predicted octanol–water partition coefficient (Wildman–Crippen LogP) is 16.4. The minimum absolute atomic E-state index is 0.00969. The van der Waals surface area contributed by atoms with Gasteiger partial charge in [0.2, 0.25) is 0 Å². The first kappa shape index (κ1) is 47.0. The number of fused-ring (bicyclic) bond motifs is 3. The van der Waals surface area contributed by atoms with E-state index in [2.05, 4.69) is 258 Å². The SMILES string of the molecule is CC(C)(C)c1ccc(N2c3cc(N4c5ccccc5C5(C)CCCCC45C)cc4c3B3c5c2cc(C(C)(C)C)cc5C(C)(c2ccccc2)c2cc(C(C)(C)C)cc(c23)N4c2ccc(C(C)(C)C)cc2)cc1. The topological polar surface area (TPSA) is 9.72 Å². The maximum absolute atomic E-state index is 2.81. The van der Waals surface area contributed by atoms with Gasteiger partial charge in [0.05, 0.1) is 5.54 Å². The minimum atomic E-state index is -0.466. The van der Waals surface area contributed by atoms with E-state index in [1.807, 2.05) is 0 Å². The molecule has 0 amide bonds. The van der Waals surface area contributed by atoms with Crippen LogP contribution in [0.4, 0.5) is 45.5 Å². The Morgan fingerprint density at radius 3 is 1.29 bits per heavy atom. The maximum Gasteiger partial charge on any atom is 0.252 e. The highest BCUT2D eigenvalue weighted by Crippen LogP contribution is 2.62. The van der Waals surface area contributed by atoms with Crippen LogP contribution in [0, 0.1) is 0 Å². The Labute approximate surface area is 432 Å². The van der Waals surface area contributed by atoms with Crippen LogP contribution >= 0.6 is 0 Å². The average molecular weight is 946 g/mol. The van der Waals surface area contributed by atoms with Crippen LogP contribution in [-0.4, -0.2) is 12.3 Å². The summed E-state index contributed by atoms with van der Waals surface area (Å²) in [4.78, 5) is 8.22. The molecule has 1 saturated carbocycles. The van der Waals surface area contributed by atoms with Crippen LogP contribution in [0.15, 0.2) is 140 Å². The summed E-state index contributed by atoms with van der Waals surface area (Å²) >= 11 is 0. The summed E-state index contributed by atoms with van der Waals surface area (Å²) in [6, 6.07) is 55.8. The third-order valence-corrected chi connectivity index (χ3v) is 18.7. The summed E-state index contributed by atoms with van der Waals surface area (Å²) < 4.78 is 0. The number of nitrogens with zero attached hydrogens (tertiary/aromatic N) is 3. The third-order valence-electron chi connectivity index (χ3n) is 18.7. The van der Waals surface area contributed by atoms with Gasteiger partial charge in [-0.3, -0.25) is 0 Å². The number of anilines is 8. The molecule has 2 unspecified atom stereocenters. The van der Waals surface area contributed by atoms with Crippen LogP contribution in [0.25, 0.3) is 0 Å². The van der Waals surface area contributed by atoms with Gasteiger partial charge in [0.25, 0.3) is 6.71 Å². The van der Waals surface area contributed by atoms with E-state index in [1.165, 1.54) is 126 Å². The van der Waals surface area contributed by atoms with Crippen molar-refractivity contribution in [2.24, 2.45) is 0 Å². The molecule has 1 aliphatic carbocycles. The quantitative estimate of drug-likeness (QED) is 0.163. The number of benzene rings is 7. The molecule has 7 aromatic carbocycles. The second-order valence-electron chi connectivity index (χ2n) is 27.2. The zero-order valence-corrected chi connectivity index (χ0v) is 46.0. The molecule has 4 heteroatoms. The van der Waals surface area contributed by atoms with Crippen molar-refractivity contribution in [2.45, 2.75) is 168 Å². The molecule has 5 aliphatic rings. The Morgan fingerprint density at radius 2 is 0.819 bits per heavy atom. The lowest BCUT2D eigenvalue weighted by Gasteiger charge is -2.53. The number of hydrogen-bond donors (Lipinski definition) is 0. The monoisotopic (exact) mass is 946 g/mol. The highest BCUT2D eigenvalue weighted by atomic mass is 15.3. The molecule has 366 valence electrons. The average Bonchev–Trinajstić information content (AvgIpc) is 3.54. The lowest BCUT2D eigenvalue weighted by Crippen LogP contribution is -2.68. The molecule has 0 N–H and O–H groups in total. The van der Waals surface area contributed by atoms with E-state index < -0.39 is 5.41 Å². The van der Waals surface area contributed by atoms with Gasteiger partial charge < -0.3 is 14.7 Å². The van der Waals surface area contributed by atoms with E-state index in [9.17, 15) is 0 Å². The Kier molecular flexibility index (Phi) is 9.98. The van der Waals surface area contributed by atoms with Crippen molar-refractivity contribution in [2.75, 3.05) is 14.7 Å².